The predicted molar refractivity (Wildman–Crippen MR) is 258 cm³/mol. The third kappa shape index (κ3) is 10.2. The van der Waals surface area contributed by atoms with Gasteiger partial charge in [0.1, 0.15) is 29.4 Å². The van der Waals surface area contributed by atoms with Crippen LogP contribution in [0.5, 0.6) is 11.5 Å². The number of carbonyl (C=O) groups excluding carboxylic acids is 1. The van der Waals surface area contributed by atoms with Crippen molar-refractivity contribution in [3.8, 4) is 22.6 Å². The van der Waals surface area contributed by atoms with Gasteiger partial charge in [0.2, 0.25) is 0 Å². The number of rotatable bonds is 16. The molecule has 0 aliphatic carbocycles. The standard InChI is InChI=1S/C50H64N8O6S/c1-36-46(44(54(7)52-36)35-63-39-22-20-38(21-23-39)56-29-31-57(32-30-56)65(60,61)53(5)6)43-17-11-16-41-42(18-12-34-62-45-19-10-14-37-13-8-9-15-40(37)45)48(49(59)64-50(2,3)4)58(47(41)43)33-28-55-26-24-51-25-27-55/h8-11,13-17,19-23,51H,12,18,24-35H2,1-7H3. The highest BCUT2D eigenvalue weighted by Crippen LogP contribution is 2.39. The normalized spacial score (nSPS) is 15.6. The second kappa shape index (κ2) is 19.6. The van der Waals surface area contributed by atoms with E-state index >= 15 is 0 Å². The second-order valence-electron chi connectivity index (χ2n) is 18.2. The fourth-order valence-electron chi connectivity index (χ4n) is 9.18. The van der Waals surface area contributed by atoms with Gasteiger partial charge in [0, 0.05) is 114 Å². The second-order valence-corrected chi connectivity index (χ2v) is 20.3. The molecule has 2 aliphatic rings. The molecule has 4 aromatic carbocycles. The summed E-state index contributed by atoms with van der Waals surface area (Å²) in [6.07, 6.45) is 1.31. The molecule has 2 fully saturated rings. The number of para-hydroxylation sites is 1. The van der Waals surface area contributed by atoms with E-state index in [9.17, 15) is 13.2 Å². The zero-order valence-corrected chi connectivity index (χ0v) is 39.8. The molecule has 2 aliphatic heterocycles. The van der Waals surface area contributed by atoms with Gasteiger partial charge >= 0.3 is 5.97 Å². The number of piperazine rings is 2. The summed E-state index contributed by atoms with van der Waals surface area (Å²) < 4.78 is 51.4. The average molecular weight is 905 g/mol. The van der Waals surface area contributed by atoms with Gasteiger partial charge in [0.25, 0.3) is 10.2 Å². The fourth-order valence-corrected chi connectivity index (χ4v) is 10.3. The highest BCUT2D eigenvalue weighted by molar-refractivity contribution is 7.86. The molecule has 0 unspecified atom stereocenters. The van der Waals surface area contributed by atoms with E-state index in [1.165, 1.54) is 8.61 Å². The zero-order valence-electron chi connectivity index (χ0n) is 39.0. The van der Waals surface area contributed by atoms with E-state index in [4.69, 9.17) is 19.3 Å². The Kier molecular flexibility index (Phi) is 13.9. The number of hydrogen-bond acceptors (Lipinski definition) is 10. The van der Waals surface area contributed by atoms with E-state index in [2.05, 4.69) is 56.1 Å². The first-order chi connectivity index (χ1) is 31.2. The zero-order chi connectivity index (χ0) is 45.9. The van der Waals surface area contributed by atoms with Crippen LogP contribution >= 0.6 is 0 Å². The molecule has 6 aromatic rings. The van der Waals surface area contributed by atoms with Crippen LogP contribution in [0.25, 0.3) is 32.8 Å². The maximum Gasteiger partial charge on any atom is 0.355 e. The van der Waals surface area contributed by atoms with Crippen molar-refractivity contribution in [1.82, 2.24) is 33.2 Å². The van der Waals surface area contributed by atoms with Gasteiger partial charge in [-0.25, -0.2) is 4.79 Å². The van der Waals surface area contributed by atoms with Gasteiger partial charge in [0.05, 0.1) is 23.5 Å². The molecule has 15 heteroatoms. The van der Waals surface area contributed by atoms with Crippen LogP contribution in [-0.2, 0) is 41.6 Å². The molecule has 4 heterocycles. The summed E-state index contributed by atoms with van der Waals surface area (Å²) in [5.74, 6) is 1.23. The van der Waals surface area contributed by atoms with Crippen molar-refractivity contribution in [2.45, 2.75) is 59.3 Å². The molecule has 1 N–H and O–H groups in total. The molecule has 0 saturated carbocycles. The molecule has 0 bridgehead atoms. The minimum absolute atomic E-state index is 0.266. The van der Waals surface area contributed by atoms with Crippen LogP contribution in [0.2, 0.25) is 0 Å². The number of anilines is 1. The van der Waals surface area contributed by atoms with Gasteiger partial charge in [-0.3, -0.25) is 9.58 Å². The van der Waals surface area contributed by atoms with Crippen LogP contribution in [0.4, 0.5) is 5.69 Å². The average Bonchev–Trinajstić information content (AvgIpc) is 3.77. The lowest BCUT2D eigenvalue weighted by molar-refractivity contribution is 0.00561. The number of nitrogens with one attached hydrogen (secondary N) is 1. The fraction of sp³-hybridized carbons (Fsp3) is 0.440. The summed E-state index contributed by atoms with van der Waals surface area (Å²) in [6, 6.07) is 28.7. The van der Waals surface area contributed by atoms with Crippen LogP contribution in [0.15, 0.2) is 84.9 Å². The smallest absolute Gasteiger partial charge is 0.355 e. The third-order valence-corrected chi connectivity index (χ3v) is 14.4. The predicted octanol–water partition coefficient (Wildman–Crippen LogP) is 6.88. The Bertz CT molecular complexity index is 2720. The van der Waals surface area contributed by atoms with Crippen LogP contribution in [0, 0.1) is 6.92 Å². The molecule has 2 saturated heterocycles. The first kappa shape index (κ1) is 46.1. The maximum absolute atomic E-state index is 14.6. The van der Waals surface area contributed by atoms with Crippen LogP contribution in [0.3, 0.4) is 0 Å². The molecular formula is C50H64N8O6S. The van der Waals surface area contributed by atoms with Gasteiger partial charge in [-0.1, -0.05) is 54.6 Å². The summed E-state index contributed by atoms with van der Waals surface area (Å²) in [5.41, 5.74) is 6.58. The number of aryl methyl sites for hydroxylation is 3. The number of aromatic nitrogens is 3. The Labute approximate surface area is 383 Å². The number of benzene rings is 4. The number of esters is 1. The maximum atomic E-state index is 14.6. The van der Waals surface area contributed by atoms with Crippen molar-refractivity contribution in [2.75, 3.05) is 84.5 Å². The summed E-state index contributed by atoms with van der Waals surface area (Å²) >= 11 is 0. The molecule has 0 atom stereocenters. The van der Waals surface area contributed by atoms with Crippen molar-refractivity contribution >= 4 is 43.5 Å². The molecular weight excluding hydrogens is 841 g/mol. The van der Waals surface area contributed by atoms with Gasteiger partial charge in [-0.2, -0.15) is 22.1 Å². The van der Waals surface area contributed by atoms with E-state index < -0.39 is 15.8 Å². The summed E-state index contributed by atoms with van der Waals surface area (Å²) in [6.45, 7) is 15.7. The molecule has 0 amide bonds. The SMILES string of the molecule is Cc1nn(C)c(COc2ccc(N3CCN(S(=O)(=O)N(C)C)CC3)cc2)c1-c1cccc2c(CCCOc3cccc4ccccc34)c(C(=O)OC(C)(C)C)n(CCN3CCNCC3)c12. The van der Waals surface area contributed by atoms with Crippen molar-refractivity contribution < 1.29 is 27.4 Å². The van der Waals surface area contributed by atoms with Crippen molar-refractivity contribution in [1.29, 1.82) is 0 Å². The van der Waals surface area contributed by atoms with Crippen molar-refractivity contribution in [3.05, 3.63) is 108 Å². The molecule has 65 heavy (non-hydrogen) atoms. The molecule has 14 nitrogen and oxygen atoms in total. The quantitative estimate of drug-likeness (QED) is 0.0812. The topological polar surface area (TPSA) is 127 Å². The summed E-state index contributed by atoms with van der Waals surface area (Å²) in [5, 5.41) is 11.6. The van der Waals surface area contributed by atoms with Crippen LogP contribution in [-0.4, -0.2) is 127 Å². The lowest BCUT2D eigenvalue weighted by Gasteiger charge is -2.36. The van der Waals surface area contributed by atoms with Gasteiger partial charge < -0.3 is 29.0 Å². The summed E-state index contributed by atoms with van der Waals surface area (Å²) in [7, 11) is 1.64. The van der Waals surface area contributed by atoms with Crippen LogP contribution < -0.4 is 19.7 Å². The van der Waals surface area contributed by atoms with Gasteiger partial charge in [-0.15, -0.1) is 0 Å². The van der Waals surface area contributed by atoms with Crippen molar-refractivity contribution in [3.63, 3.8) is 0 Å². The monoisotopic (exact) mass is 904 g/mol. The van der Waals surface area contributed by atoms with E-state index in [-0.39, 0.29) is 12.6 Å². The lowest BCUT2D eigenvalue weighted by atomic mass is 9.98. The van der Waals surface area contributed by atoms with E-state index in [0.29, 0.717) is 63.6 Å². The Morgan fingerprint density at radius 2 is 1.52 bits per heavy atom. The van der Waals surface area contributed by atoms with E-state index in [1.54, 1.807) is 14.1 Å². The Morgan fingerprint density at radius 3 is 2.25 bits per heavy atom. The minimum Gasteiger partial charge on any atom is -0.493 e. The molecule has 8 rings (SSSR count). The molecule has 0 spiro atoms. The molecule has 346 valence electrons. The first-order valence-corrected chi connectivity index (χ1v) is 24.2. The van der Waals surface area contributed by atoms with Crippen molar-refractivity contribution in [2.24, 2.45) is 7.05 Å². The van der Waals surface area contributed by atoms with Crippen LogP contribution in [0.1, 0.15) is 54.6 Å². The number of nitrogens with zero attached hydrogens (tertiary/aromatic N) is 7. The number of ether oxygens (including phenoxy) is 3. The number of hydrogen-bond donors (Lipinski definition) is 1. The first-order valence-electron chi connectivity index (χ1n) is 22.8. The van der Waals surface area contributed by atoms with E-state index in [0.717, 1.165) is 93.9 Å². The minimum atomic E-state index is -3.44. The number of carbonyl (C=O) groups is 1. The third-order valence-electron chi connectivity index (χ3n) is 12.4. The molecule has 2 aromatic heterocycles. The van der Waals surface area contributed by atoms with Gasteiger partial charge in [0.15, 0.2) is 0 Å². The Morgan fingerprint density at radius 1 is 0.831 bits per heavy atom. The van der Waals surface area contributed by atoms with E-state index in [1.807, 2.05) is 88.0 Å². The largest absolute Gasteiger partial charge is 0.493 e. The highest BCUT2D eigenvalue weighted by atomic mass is 32.2. The molecule has 0 radical (unpaired) electrons. The van der Waals surface area contributed by atoms with Gasteiger partial charge in [-0.05, 0) is 81.8 Å². The Balaban J connectivity index is 1.11. The highest BCUT2D eigenvalue weighted by Gasteiger charge is 2.31. The lowest BCUT2D eigenvalue weighted by Crippen LogP contribution is -2.51. The Hall–Kier alpha value is -5.45. The number of fused-ring (bicyclic) bond motifs is 2. The summed E-state index contributed by atoms with van der Waals surface area (Å²) in [4.78, 5) is 19.3.